The Morgan fingerprint density at radius 3 is 2.42 bits per heavy atom. The first-order valence-electron chi connectivity index (χ1n) is 6.35. The summed E-state index contributed by atoms with van der Waals surface area (Å²) < 4.78 is 5.23. The highest BCUT2D eigenvalue weighted by atomic mass is 16.7. The fourth-order valence-corrected chi connectivity index (χ4v) is 1.97. The zero-order valence-corrected chi connectivity index (χ0v) is 11.6. The van der Waals surface area contributed by atoms with Gasteiger partial charge in [0.15, 0.2) is 5.75 Å². The molecule has 1 fully saturated rings. The van der Waals surface area contributed by atoms with Gasteiger partial charge in [-0.25, -0.2) is 0 Å². The summed E-state index contributed by atoms with van der Waals surface area (Å²) in [7, 11) is 5.74. The van der Waals surface area contributed by atoms with Crippen molar-refractivity contribution in [1.29, 1.82) is 0 Å². The van der Waals surface area contributed by atoms with E-state index in [1.807, 2.05) is 38.4 Å². The van der Waals surface area contributed by atoms with E-state index in [2.05, 4.69) is 4.90 Å². The SMILES string of the molecule is COCC(c1ccc(ON2CCC2=O)cc1)N(C)C. The molecule has 0 N–H and O–H groups in total. The van der Waals surface area contributed by atoms with Gasteiger partial charge in [0.1, 0.15) is 0 Å². The molecule has 1 atom stereocenters. The molecule has 0 aliphatic carbocycles. The van der Waals surface area contributed by atoms with Crippen molar-refractivity contribution in [1.82, 2.24) is 9.96 Å². The van der Waals surface area contributed by atoms with E-state index in [-0.39, 0.29) is 11.9 Å². The van der Waals surface area contributed by atoms with Crippen LogP contribution >= 0.6 is 0 Å². The molecule has 1 aromatic carbocycles. The van der Waals surface area contributed by atoms with Crippen LogP contribution in [0.5, 0.6) is 5.75 Å². The monoisotopic (exact) mass is 264 g/mol. The van der Waals surface area contributed by atoms with Gasteiger partial charge in [-0.05, 0) is 31.8 Å². The molecular weight excluding hydrogens is 244 g/mol. The second-order valence-corrected chi connectivity index (χ2v) is 4.84. The highest BCUT2D eigenvalue weighted by Gasteiger charge is 2.26. The van der Waals surface area contributed by atoms with Crippen molar-refractivity contribution in [2.24, 2.45) is 0 Å². The van der Waals surface area contributed by atoms with Gasteiger partial charge in [0.05, 0.1) is 25.6 Å². The van der Waals surface area contributed by atoms with Crippen LogP contribution in [0.1, 0.15) is 18.0 Å². The minimum absolute atomic E-state index is 0.0367. The van der Waals surface area contributed by atoms with E-state index in [0.717, 1.165) is 5.56 Å². The molecule has 5 heteroatoms. The molecule has 5 nitrogen and oxygen atoms in total. The van der Waals surface area contributed by atoms with Crippen LogP contribution in [0.3, 0.4) is 0 Å². The van der Waals surface area contributed by atoms with Gasteiger partial charge in [-0.3, -0.25) is 4.79 Å². The predicted octanol–water partition coefficient (Wildman–Crippen LogP) is 1.46. The third kappa shape index (κ3) is 3.24. The van der Waals surface area contributed by atoms with Crippen LogP contribution in [0.4, 0.5) is 0 Å². The lowest BCUT2D eigenvalue weighted by Crippen LogP contribution is -2.45. The summed E-state index contributed by atoms with van der Waals surface area (Å²) in [6, 6.07) is 7.98. The number of nitrogens with zero attached hydrogens (tertiary/aromatic N) is 2. The molecule has 1 heterocycles. The average molecular weight is 264 g/mol. The largest absolute Gasteiger partial charge is 0.383 e. The van der Waals surface area contributed by atoms with E-state index in [4.69, 9.17) is 9.57 Å². The molecule has 0 saturated carbocycles. The Bertz CT molecular complexity index is 431. The van der Waals surface area contributed by atoms with Crippen LogP contribution in [0, 0.1) is 0 Å². The number of rotatable bonds is 6. The molecule has 0 radical (unpaired) electrons. The number of carbonyl (C=O) groups is 1. The van der Waals surface area contributed by atoms with Crippen LogP contribution in [0.15, 0.2) is 24.3 Å². The van der Waals surface area contributed by atoms with Gasteiger partial charge in [-0.1, -0.05) is 12.1 Å². The number of β-lactam (4-membered cyclic amide) rings is 1. The smallest absolute Gasteiger partial charge is 0.257 e. The molecule has 1 aromatic rings. The molecule has 0 aromatic heterocycles. The first-order chi connectivity index (χ1) is 9.11. The van der Waals surface area contributed by atoms with Crippen molar-refractivity contribution in [3.63, 3.8) is 0 Å². The Balaban J connectivity index is 2.02. The number of likely N-dealkylation sites (N-methyl/N-ethyl adjacent to an activating group) is 1. The maximum absolute atomic E-state index is 11.2. The third-order valence-electron chi connectivity index (χ3n) is 3.24. The molecule has 2 rings (SSSR count). The van der Waals surface area contributed by atoms with Gasteiger partial charge in [0, 0.05) is 7.11 Å². The maximum Gasteiger partial charge on any atom is 0.257 e. The van der Waals surface area contributed by atoms with Crippen molar-refractivity contribution >= 4 is 5.91 Å². The summed E-state index contributed by atoms with van der Waals surface area (Å²) in [5, 5.41) is 1.38. The van der Waals surface area contributed by atoms with Gasteiger partial charge < -0.3 is 14.5 Å². The summed E-state index contributed by atoms with van der Waals surface area (Å²) in [6.07, 6.45) is 0.578. The topological polar surface area (TPSA) is 42.0 Å². The predicted molar refractivity (Wildman–Crippen MR) is 71.7 cm³/mol. The van der Waals surface area contributed by atoms with Crippen molar-refractivity contribution < 1.29 is 14.4 Å². The summed E-state index contributed by atoms with van der Waals surface area (Å²) >= 11 is 0. The number of methoxy groups -OCH3 is 1. The fraction of sp³-hybridized carbons (Fsp3) is 0.500. The van der Waals surface area contributed by atoms with Gasteiger partial charge >= 0.3 is 0 Å². The van der Waals surface area contributed by atoms with Crippen LogP contribution in [0.2, 0.25) is 0 Å². The zero-order valence-electron chi connectivity index (χ0n) is 11.6. The summed E-state index contributed by atoms with van der Waals surface area (Å²) in [4.78, 5) is 18.7. The fourth-order valence-electron chi connectivity index (χ4n) is 1.97. The van der Waals surface area contributed by atoms with E-state index in [9.17, 15) is 4.79 Å². The van der Waals surface area contributed by atoms with Crippen molar-refractivity contribution in [3.05, 3.63) is 29.8 Å². The molecule has 1 unspecified atom stereocenters. The Morgan fingerprint density at radius 1 is 1.32 bits per heavy atom. The number of benzene rings is 1. The van der Waals surface area contributed by atoms with Gasteiger partial charge in [0.25, 0.3) is 5.91 Å². The van der Waals surface area contributed by atoms with E-state index in [1.54, 1.807) is 7.11 Å². The number of hydrogen-bond acceptors (Lipinski definition) is 4. The lowest BCUT2D eigenvalue weighted by Gasteiger charge is -2.29. The lowest BCUT2D eigenvalue weighted by molar-refractivity contribution is -0.174. The Hall–Kier alpha value is -1.59. The minimum Gasteiger partial charge on any atom is -0.383 e. The van der Waals surface area contributed by atoms with Crippen LogP contribution in [-0.4, -0.2) is 50.2 Å². The zero-order chi connectivity index (χ0) is 13.8. The molecular formula is C14H20N2O3. The Morgan fingerprint density at radius 2 is 2.00 bits per heavy atom. The molecule has 1 amide bonds. The van der Waals surface area contributed by atoms with Gasteiger partial charge in [-0.15, -0.1) is 0 Å². The number of hydroxylamine groups is 2. The summed E-state index contributed by atoms with van der Waals surface area (Å²) in [6.45, 7) is 1.31. The van der Waals surface area contributed by atoms with E-state index < -0.39 is 0 Å². The lowest BCUT2D eigenvalue weighted by atomic mass is 10.1. The molecule has 1 aliphatic heterocycles. The van der Waals surface area contributed by atoms with Crippen molar-refractivity contribution in [2.45, 2.75) is 12.5 Å². The number of hydrogen-bond donors (Lipinski definition) is 0. The molecule has 0 spiro atoms. The summed E-state index contributed by atoms with van der Waals surface area (Å²) in [5.41, 5.74) is 1.16. The Kier molecular flexibility index (Phi) is 4.39. The standard InChI is InChI=1S/C14H20N2O3/c1-15(2)13(10-18-3)11-4-6-12(7-5-11)19-16-9-8-14(16)17/h4-7,13H,8-10H2,1-3H3. The van der Waals surface area contributed by atoms with Crippen LogP contribution < -0.4 is 4.84 Å². The second kappa shape index (κ2) is 6.04. The first-order valence-corrected chi connectivity index (χ1v) is 6.35. The number of amides is 1. The third-order valence-corrected chi connectivity index (χ3v) is 3.24. The highest BCUT2D eigenvalue weighted by molar-refractivity contribution is 5.80. The van der Waals surface area contributed by atoms with Crippen LogP contribution in [-0.2, 0) is 9.53 Å². The first kappa shape index (κ1) is 13.8. The van der Waals surface area contributed by atoms with Crippen molar-refractivity contribution in [2.75, 3.05) is 34.4 Å². The van der Waals surface area contributed by atoms with Gasteiger partial charge in [0.2, 0.25) is 0 Å². The second-order valence-electron chi connectivity index (χ2n) is 4.84. The van der Waals surface area contributed by atoms with Crippen molar-refractivity contribution in [3.8, 4) is 5.75 Å². The summed E-state index contributed by atoms with van der Waals surface area (Å²) in [5.74, 6) is 0.723. The minimum atomic E-state index is 0.0367. The van der Waals surface area contributed by atoms with E-state index in [0.29, 0.717) is 25.3 Å². The molecule has 1 aliphatic rings. The van der Waals surface area contributed by atoms with Gasteiger partial charge in [-0.2, -0.15) is 5.06 Å². The molecule has 104 valence electrons. The molecule has 0 bridgehead atoms. The molecule has 1 saturated heterocycles. The number of carbonyl (C=O) groups excluding carboxylic acids is 1. The normalized spacial score (nSPS) is 16.4. The molecule has 19 heavy (non-hydrogen) atoms. The average Bonchev–Trinajstić information content (AvgIpc) is 2.41. The highest BCUT2D eigenvalue weighted by Crippen LogP contribution is 2.23. The number of ether oxygens (including phenoxy) is 1. The quantitative estimate of drug-likeness (QED) is 0.730. The van der Waals surface area contributed by atoms with E-state index >= 15 is 0 Å². The maximum atomic E-state index is 11.2. The van der Waals surface area contributed by atoms with Crippen LogP contribution in [0.25, 0.3) is 0 Å². The van der Waals surface area contributed by atoms with E-state index in [1.165, 1.54) is 5.06 Å². The Labute approximate surface area is 113 Å².